The maximum absolute atomic E-state index is 12.7. The summed E-state index contributed by atoms with van der Waals surface area (Å²) in [5, 5.41) is 1.78. The SMILES string of the molecule is O=S(=O)(c1cccs1)N1CCOC[C@H]1CCc1cnccn1. The molecule has 3 heterocycles. The van der Waals surface area contributed by atoms with E-state index in [1.807, 2.05) is 0 Å². The minimum atomic E-state index is -3.44. The molecule has 0 amide bonds. The predicted molar refractivity (Wildman–Crippen MR) is 83.2 cm³/mol. The summed E-state index contributed by atoms with van der Waals surface area (Å²) in [6.07, 6.45) is 6.33. The van der Waals surface area contributed by atoms with E-state index in [0.717, 1.165) is 5.69 Å². The van der Waals surface area contributed by atoms with Crippen LogP contribution in [-0.4, -0.2) is 48.5 Å². The van der Waals surface area contributed by atoms with Gasteiger partial charge in [0.05, 0.1) is 18.9 Å². The van der Waals surface area contributed by atoms with E-state index in [4.69, 9.17) is 4.74 Å². The molecule has 1 fully saturated rings. The van der Waals surface area contributed by atoms with Gasteiger partial charge in [0.1, 0.15) is 4.21 Å². The Labute approximate surface area is 133 Å². The molecule has 3 rings (SSSR count). The number of ether oxygens (including phenoxy) is 1. The third kappa shape index (κ3) is 3.35. The summed E-state index contributed by atoms with van der Waals surface area (Å²) in [7, 11) is -3.44. The average Bonchev–Trinajstić information content (AvgIpc) is 3.09. The second kappa shape index (κ2) is 6.82. The largest absolute Gasteiger partial charge is 0.378 e. The van der Waals surface area contributed by atoms with Crippen molar-refractivity contribution in [2.75, 3.05) is 19.8 Å². The number of aromatic nitrogens is 2. The summed E-state index contributed by atoms with van der Waals surface area (Å²) < 4.78 is 32.9. The van der Waals surface area contributed by atoms with Crippen LogP contribution in [0.2, 0.25) is 0 Å². The third-order valence-corrected chi connectivity index (χ3v) is 6.91. The highest BCUT2D eigenvalue weighted by Gasteiger charge is 2.34. The smallest absolute Gasteiger partial charge is 0.252 e. The predicted octanol–water partition coefficient (Wildman–Crippen LogP) is 1.56. The minimum absolute atomic E-state index is 0.164. The molecule has 0 unspecified atom stereocenters. The van der Waals surface area contributed by atoms with Crippen LogP contribution in [0.4, 0.5) is 0 Å². The van der Waals surface area contributed by atoms with Gasteiger partial charge in [0.25, 0.3) is 10.0 Å². The van der Waals surface area contributed by atoms with Crippen molar-refractivity contribution < 1.29 is 13.2 Å². The van der Waals surface area contributed by atoms with E-state index in [9.17, 15) is 8.42 Å². The maximum atomic E-state index is 12.7. The molecule has 2 aromatic rings. The molecule has 0 bridgehead atoms. The van der Waals surface area contributed by atoms with Gasteiger partial charge in [-0.3, -0.25) is 9.97 Å². The van der Waals surface area contributed by atoms with Crippen LogP contribution in [0, 0.1) is 0 Å². The van der Waals surface area contributed by atoms with Crippen LogP contribution in [0.5, 0.6) is 0 Å². The van der Waals surface area contributed by atoms with Gasteiger partial charge in [-0.1, -0.05) is 6.07 Å². The van der Waals surface area contributed by atoms with Crippen molar-refractivity contribution in [2.45, 2.75) is 23.1 Å². The number of aryl methyl sites for hydroxylation is 1. The summed E-state index contributed by atoms with van der Waals surface area (Å²) in [5.74, 6) is 0. The second-order valence-electron chi connectivity index (χ2n) is 5.01. The summed E-state index contributed by atoms with van der Waals surface area (Å²) in [6.45, 7) is 1.25. The minimum Gasteiger partial charge on any atom is -0.378 e. The van der Waals surface area contributed by atoms with Gasteiger partial charge in [0, 0.05) is 31.2 Å². The van der Waals surface area contributed by atoms with E-state index < -0.39 is 10.0 Å². The van der Waals surface area contributed by atoms with Crippen LogP contribution in [0.25, 0.3) is 0 Å². The molecular formula is C14H17N3O3S2. The lowest BCUT2D eigenvalue weighted by molar-refractivity contribution is 0.0298. The van der Waals surface area contributed by atoms with Crippen molar-refractivity contribution in [3.63, 3.8) is 0 Å². The number of rotatable bonds is 5. The van der Waals surface area contributed by atoms with Crippen molar-refractivity contribution in [1.82, 2.24) is 14.3 Å². The normalized spacial score (nSPS) is 20.1. The first-order valence-corrected chi connectivity index (χ1v) is 9.38. The highest BCUT2D eigenvalue weighted by atomic mass is 32.2. The Bertz CT molecular complexity index is 689. The van der Waals surface area contributed by atoms with Crippen LogP contribution in [0.3, 0.4) is 0 Å². The zero-order valence-electron chi connectivity index (χ0n) is 12.0. The Morgan fingerprint density at radius 3 is 3.05 bits per heavy atom. The van der Waals surface area contributed by atoms with Crippen LogP contribution < -0.4 is 0 Å². The molecule has 6 nitrogen and oxygen atoms in total. The molecule has 1 aliphatic rings. The van der Waals surface area contributed by atoms with Crippen molar-refractivity contribution in [3.8, 4) is 0 Å². The molecular weight excluding hydrogens is 322 g/mol. The van der Waals surface area contributed by atoms with Gasteiger partial charge in [-0.05, 0) is 24.3 Å². The van der Waals surface area contributed by atoms with Crippen molar-refractivity contribution >= 4 is 21.4 Å². The van der Waals surface area contributed by atoms with Gasteiger partial charge in [0.2, 0.25) is 0 Å². The summed E-state index contributed by atoms with van der Waals surface area (Å²) in [5.41, 5.74) is 0.863. The number of nitrogens with zero attached hydrogens (tertiary/aromatic N) is 3. The number of hydrogen-bond acceptors (Lipinski definition) is 6. The molecule has 0 N–H and O–H groups in total. The number of morpholine rings is 1. The first-order valence-electron chi connectivity index (χ1n) is 7.06. The Hall–Kier alpha value is -1.35. The van der Waals surface area contributed by atoms with Crippen LogP contribution >= 0.6 is 11.3 Å². The van der Waals surface area contributed by atoms with Gasteiger partial charge < -0.3 is 4.74 Å². The molecule has 0 aliphatic carbocycles. The molecule has 118 valence electrons. The lowest BCUT2D eigenvalue weighted by Gasteiger charge is -2.34. The van der Waals surface area contributed by atoms with E-state index in [2.05, 4.69) is 9.97 Å². The van der Waals surface area contributed by atoms with E-state index in [1.165, 1.54) is 11.3 Å². The zero-order valence-corrected chi connectivity index (χ0v) is 13.6. The van der Waals surface area contributed by atoms with Crippen molar-refractivity contribution in [2.24, 2.45) is 0 Å². The van der Waals surface area contributed by atoms with Gasteiger partial charge in [0.15, 0.2) is 0 Å². The van der Waals surface area contributed by atoms with Gasteiger partial charge in [-0.25, -0.2) is 8.42 Å². The summed E-state index contributed by atoms with van der Waals surface area (Å²) in [6, 6.07) is 3.24. The standard InChI is InChI=1S/C14H17N3O3S2/c18-22(19,14-2-1-9-21-14)17-7-8-20-11-13(17)4-3-12-10-15-5-6-16-12/h1-2,5-6,9-10,13H,3-4,7-8,11H2/t13-/m1/s1. The monoisotopic (exact) mass is 339 g/mol. The van der Waals surface area contributed by atoms with Crippen LogP contribution in [0.1, 0.15) is 12.1 Å². The number of thiophene rings is 1. The van der Waals surface area contributed by atoms with Gasteiger partial charge >= 0.3 is 0 Å². The summed E-state index contributed by atoms with van der Waals surface area (Å²) >= 11 is 1.25. The number of sulfonamides is 1. The number of hydrogen-bond donors (Lipinski definition) is 0. The molecule has 8 heteroatoms. The highest BCUT2D eigenvalue weighted by Crippen LogP contribution is 2.25. The van der Waals surface area contributed by atoms with Crippen LogP contribution in [-0.2, 0) is 21.2 Å². The molecule has 1 aliphatic heterocycles. The lowest BCUT2D eigenvalue weighted by Crippen LogP contribution is -2.48. The highest BCUT2D eigenvalue weighted by molar-refractivity contribution is 7.91. The van der Waals surface area contributed by atoms with E-state index in [1.54, 1.807) is 40.4 Å². The van der Waals surface area contributed by atoms with E-state index >= 15 is 0 Å². The molecule has 0 saturated carbocycles. The van der Waals surface area contributed by atoms with Gasteiger partial charge in [-0.2, -0.15) is 4.31 Å². The van der Waals surface area contributed by atoms with E-state index in [-0.39, 0.29) is 6.04 Å². The Morgan fingerprint density at radius 2 is 2.32 bits per heavy atom. The topological polar surface area (TPSA) is 72.4 Å². The fourth-order valence-electron chi connectivity index (χ4n) is 2.48. The second-order valence-corrected chi connectivity index (χ2v) is 8.08. The molecule has 22 heavy (non-hydrogen) atoms. The lowest BCUT2D eigenvalue weighted by atomic mass is 10.1. The Balaban J connectivity index is 1.74. The first kappa shape index (κ1) is 15.5. The van der Waals surface area contributed by atoms with Crippen molar-refractivity contribution in [3.05, 3.63) is 41.8 Å². The first-order chi connectivity index (χ1) is 10.7. The van der Waals surface area contributed by atoms with Crippen LogP contribution in [0.15, 0.2) is 40.3 Å². The average molecular weight is 339 g/mol. The van der Waals surface area contributed by atoms with E-state index in [0.29, 0.717) is 36.8 Å². The molecule has 0 aromatic carbocycles. The van der Waals surface area contributed by atoms with Gasteiger partial charge in [-0.15, -0.1) is 11.3 Å². The Kier molecular flexibility index (Phi) is 4.82. The van der Waals surface area contributed by atoms with Crippen molar-refractivity contribution in [1.29, 1.82) is 0 Å². The third-order valence-electron chi connectivity index (χ3n) is 3.58. The molecule has 0 radical (unpaired) electrons. The molecule has 1 atom stereocenters. The quantitative estimate of drug-likeness (QED) is 0.827. The zero-order chi connectivity index (χ0) is 15.4. The maximum Gasteiger partial charge on any atom is 0.252 e. The molecule has 0 spiro atoms. The Morgan fingerprint density at radius 1 is 1.41 bits per heavy atom. The molecule has 1 saturated heterocycles. The fourth-order valence-corrected chi connectivity index (χ4v) is 5.23. The molecule has 2 aromatic heterocycles. The fraction of sp³-hybridized carbons (Fsp3) is 0.429. The summed E-state index contributed by atoms with van der Waals surface area (Å²) in [4.78, 5) is 8.26.